The molecule has 0 saturated heterocycles. The van der Waals surface area contributed by atoms with Crippen LogP contribution in [0.25, 0.3) is 21.8 Å². The zero-order valence-electron chi connectivity index (χ0n) is 56.2. The molecule has 0 radical (unpaired) electrons. The number of aryl methyl sites for hydroxylation is 2. The summed E-state index contributed by atoms with van der Waals surface area (Å²) in [5, 5.41) is 12.4. The topological polar surface area (TPSA) is 375 Å². The third-order valence-electron chi connectivity index (χ3n) is 20.4. The number of hydrogen-bond acceptors (Lipinski definition) is 14. The number of nitrogens with one attached hydrogen (secondary N) is 6. The summed E-state index contributed by atoms with van der Waals surface area (Å²) in [6.07, 6.45) is 5.11. The average molecular weight is 1420 g/mol. The van der Waals surface area contributed by atoms with Gasteiger partial charge < -0.3 is 75.4 Å². The second-order valence-electron chi connectivity index (χ2n) is 27.5. The number of carbonyl (C=O) groups excluding carboxylic acids is 10. The highest BCUT2D eigenvalue weighted by atomic mass is 35.5. The molecule has 9 amide bonds. The number of halogens is 2. The van der Waals surface area contributed by atoms with E-state index in [0.29, 0.717) is 90.5 Å². The first-order chi connectivity index (χ1) is 46.4. The van der Waals surface area contributed by atoms with Gasteiger partial charge in [-0.05, 0) is 112 Å². The molecular formula is C68H86Cl2N11O16P. The number of fused-ring (bicyclic) bond motifs is 6. The Kier molecular flexibility index (Phi) is 21.4. The number of Topliss-reactive ketones (excluding diaryl/α,β-unsaturated/α-hetero) is 2. The highest BCUT2D eigenvalue weighted by Crippen LogP contribution is 3.01. The number of amides is 9. The van der Waals surface area contributed by atoms with Gasteiger partial charge in [0.25, 0.3) is 0 Å². The van der Waals surface area contributed by atoms with E-state index < -0.39 is 77.8 Å². The number of unbranched alkanes of at least 4 members (excludes halogenated alkanes) is 1. The fourth-order valence-corrected chi connectivity index (χ4v) is 16.2. The summed E-state index contributed by atoms with van der Waals surface area (Å²) in [5.41, 5.74) is 9.21. The molecule has 10 N–H and O–H groups in total. The first-order valence-electron chi connectivity index (χ1n) is 33.0. The van der Waals surface area contributed by atoms with Gasteiger partial charge in [-0.1, -0.05) is 32.4 Å². The number of rotatable bonds is 31. The molecule has 30 heteroatoms. The number of primary amides is 1. The van der Waals surface area contributed by atoms with Crippen molar-refractivity contribution in [2.24, 2.45) is 39.7 Å². The number of aromatic amines is 2. The van der Waals surface area contributed by atoms with Crippen molar-refractivity contribution in [3.8, 4) is 11.5 Å². The second kappa shape index (κ2) is 28.9. The minimum absolute atomic E-state index is 0.0227. The molecule has 98 heavy (non-hydrogen) atoms. The predicted molar refractivity (Wildman–Crippen MR) is 366 cm³/mol. The maximum Gasteiger partial charge on any atom is 0.524 e. The van der Waals surface area contributed by atoms with Crippen LogP contribution in [0.3, 0.4) is 0 Å². The van der Waals surface area contributed by atoms with Crippen molar-refractivity contribution in [3.05, 3.63) is 76.6 Å². The number of benzene rings is 3. The van der Waals surface area contributed by atoms with Gasteiger partial charge in [-0.15, -0.1) is 23.2 Å². The largest absolute Gasteiger partial charge is 0.524 e. The molecule has 4 heterocycles. The van der Waals surface area contributed by atoms with Crippen molar-refractivity contribution in [3.63, 3.8) is 0 Å². The van der Waals surface area contributed by atoms with Crippen molar-refractivity contribution < 1.29 is 76.3 Å². The number of ether oxygens (including phenoxy) is 2. The Morgan fingerprint density at radius 3 is 1.78 bits per heavy atom. The van der Waals surface area contributed by atoms with Gasteiger partial charge in [-0.3, -0.25) is 38.6 Å². The van der Waals surface area contributed by atoms with E-state index >= 15 is 4.79 Å². The smallest absolute Gasteiger partial charge is 0.445 e. The van der Waals surface area contributed by atoms with E-state index in [2.05, 4.69) is 31.2 Å². The Bertz CT molecular complexity index is 4060. The number of phosphoric acid groups is 1. The van der Waals surface area contributed by atoms with E-state index in [9.17, 15) is 57.5 Å². The summed E-state index contributed by atoms with van der Waals surface area (Å²) in [6.45, 7) is 11.1. The van der Waals surface area contributed by atoms with Crippen LogP contribution in [0.2, 0.25) is 0 Å². The summed E-state index contributed by atoms with van der Waals surface area (Å²) in [5.74, 6) is -4.05. The molecule has 2 aliphatic heterocycles. The van der Waals surface area contributed by atoms with Crippen molar-refractivity contribution in [2.75, 3.05) is 80.2 Å². The number of likely N-dealkylation sites (N-methyl/N-ethyl adjacent to an activating group) is 2. The molecule has 8 atom stereocenters. The zero-order valence-corrected chi connectivity index (χ0v) is 58.6. The van der Waals surface area contributed by atoms with Gasteiger partial charge in [-0.25, -0.2) is 18.9 Å². The Labute approximate surface area is 576 Å². The third-order valence-corrected chi connectivity index (χ3v) is 21.5. The van der Waals surface area contributed by atoms with Crippen molar-refractivity contribution in [2.45, 2.75) is 130 Å². The maximum atomic E-state index is 15.2. The maximum absolute atomic E-state index is 15.2. The lowest BCUT2D eigenvalue weighted by Gasteiger charge is -2.37. The fraction of sp³-hybridized carbons (Fsp3) is 0.529. The molecule has 5 aliphatic rings. The van der Waals surface area contributed by atoms with E-state index in [-0.39, 0.29) is 123 Å². The highest BCUT2D eigenvalue weighted by molar-refractivity contribution is 7.46. The molecule has 3 saturated carbocycles. The van der Waals surface area contributed by atoms with Crippen LogP contribution in [0.5, 0.6) is 11.5 Å². The van der Waals surface area contributed by atoms with Gasteiger partial charge in [0.1, 0.15) is 12.4 Å². The summed E-state index contributed by atoms with van der Waals surface area (Å²) >= 11 is 13.3. The molecule has 8 unspecified atom stereocenters. The Hall–Kier alpha value is -8.23. The zero-order chi connectivity index (χ0) is 71.1. The van der Waals surface area contributed by atoms with Crippen LogP contribution < -0.4 is 46.1 Å². The molecule has 10 rings (SSSR count). The lowest BCUT2D eigenvalue weighted by molar-refractivity contribution is -0.134. The number of hydrogen-bond donors (Lipinski definition) is 9. The van der Waals surface area contributed by atoms with Gasteiger partial charge in [0.05, 0.1) is 39.3 Å². The molecule has 0 bridgehead atoms. The van der Waals surface area contributed by atoms with Gasteiger partial charge in [-0.2, -0.15) is 0 Å². The van der Waals surface area contributed by atoms with E-state index in [0.717, 1.165) is 27.6 Å². The number of H-pyrrole nitrogens is 2. The molecule has 3 aliphatic carbocycles. The van der Waals surface area contributed by atoms with Crippen LogP contribution in [0, 0.1) is 47.8 Å². The second-order valence-corrected chi connectivity index (χ2v) is 29.3. The molecule has 5 aromatic rings. The van der Waals surface area contributed by atoms with Crippen molar-refractivity contribution in [1.82, 2.24) is 35.7 Å². The van der Waals surface area contributed by atoms with Gasteiger partial charge in [0.2, 0.25) is 29.5 Å². The van der Waals surface area contributed by atoms with Crippen LogP contribution in [0.4, 0.5) is 31.4 Å². The molecule has 3 aromatic carbocycles. The summed E-state index contributed by atoms with van der Waals surface area (Å²) in [7, 11) is -1.97. The Morgan fingerprint density at radius 2 is 1.26 bits per heavy atom. The monoisotopic (exact) mass is 1410 g/mol. The number of nitrogens with zero attached hydrogens (tertiary/aromatic N) is 4. The normalized spacial score (nSPS) is 20.9. The quantitative estimate of drug-likeness (QED) is 0.0114. The first kappa shape index (κ1) is 72.5. The molecule has 3 fully saturated rings. The average Bonchev–Trinajstić information content (AvgIpc) is 1.40. The van der Waals surface area contributed by atoms with Gasteiger partial charge >= 0.3 is 26.0 Å². The Morgan fingerprint density at radius 1 is 0.724 bits per heavy atom. The van der Waals surface area contributed by atoms with E-state index in [1.807, 2.05) is 13.8 Å². The SMILES string of the molecule is CC(=O)CC(CCCCNC(C)=O)C(=O)NC(C(=O)CC(CCCNC(N)=O)C(=O)Nc1ccc(COC(=O)N(C)CCN(C)C(=O)Oc2cc3c(c4c(C)c[nH]c24)C(CCl)CN3C(=O)C23CC4(C(=O)N5CC(CCl)c6c5cc(OP(=O)(O)O)c5[nH]cc(C)c65)CC24C3)cc1)C(C)C. The lowest BCUT2D eigenvalue weighted by atomic mass is 9.72. The number of carbonyl (C=O) groups is 10. The van der Waals surface area contributed by atoms with Crippen LogP contribution in [-0.4, -0.2) is 160 Å². The number of alkyl halides is 2. The summed E-state index contributed by atoms with van der Waals surface area (Å²) in [4.78, 5) is 166. The van der Waals surface area contributed by atoms with E-state index in [4.69, 9.17) is 42.9 Å². The summed E-state index contributed by atoms with van der Waals surface area (Å²) in [6, 6.07) is 7.97. The minimum Gasteiger partial charge on any atom is -0.445 e. The molecular weight excluding hydrogens is 1330 g/mol. The standard InChI is InChI=1S/C68H86Cl2N11O16P/c1-36(2)56(77-60(86)42(22-39(5)82)12-9-10-18-72-40(6)83)49(84)23-43(13-11-19-73-63(71)89)59(85)76-46-16-14-41(15-17-46)32-95-64(90)78(7)20-21-79(8)65(91)96-50-24-47-54(52-37(3)28-74-57(50)52)44(26-69)30-80(47)61(87)66-33-67(35-68(66,67)34-66)62(88)81-31-45(27-70)55-48(81)25-51(97-98(92,93)94)58-53(55)38(4)29-75-58/h14-17,24-25,28-29,36,42-45,56,74-75H,9-13,18-23,26-27,30-35H2,1-8H3,(H,72,83)(H,76,85)(H,77,86)(H3,71,73,89)(H2,92,93,94). The third kappa shape index (κ3) is 14.5. The van der Waals surface area contributed by atoms with Crippen LogP contribution in [-0.2, 0) is 49.5 Å². The number of nitrogens with two attached hydrogens (primary N) is 1. The summed E-state index contributed by atoms with van der Waals surface area (Å²) < 4.78 is 29.0. The highest BCUT2D eigenvalue weighted by Gasteiger charge is 3.01. The predicted octanol–water partition coefficient (Wildman–Crippen LogP) is 8.65. The fourth-order valence-electron chi connectivity index (χ4n) is 15.3. The van der Waals surface area contributed by atoms with E-state index in [1.165, 1.54) is 43.8 Å². The minimum atomic E-state index is -5.00. The number of ketones is 2. The molecule has 528 valence electrons. The molecule has 2 aromatic heterocycles. The van der Waals surface area contributed by atoms with Crippen LogP contribution in [0.15, 0.2) is 48.8 Å². The number of phosphoric ester groups is 1. The van der Waals surface area contributed by atoms with Crippen LogP contribution in [0.1, 0.15) is 132 Å². The molecule has 27 nitrogen and oxygen atoms in total. The van der Waals surface area contributed by atoms with Crippen molar-refractivity contribution >= 4 is 129 Å². The van der Waals surface area contributed by atoms with Crippen LogP contribution >= 0.6 is 31.0 Å². The van der Waals surface area contributed by atoms with Gasteiger partial charge in [0, 0.05) is 155 Å². The number of anilines is 3. The lowest BCUT2D eigenvalue weighted by Crippen LogP contribution is -2.49. The number of urea groups is 1. The number of aromatic nitrogens is 2. The molecule has 1 spiro atoms. The van der Waals surface area contributed by atoms with Crippen molar-refractivity contribution in [1.29, 1.82) is 0 Å². The first-order valence-corrected chi connectivity index (χ1v) is 35.6. The van der Waals surface area contributed by atoms with E-state index in [1.54, 1.807) is 66.4 Å². The van der Waals surface area contributed by atoms with Gasteiger partial charge in [0.15, 0.2) is 17.3 Å². The Balaban J connectivity index is 0.732.